The van der Waals surface area contributed by atoms with Crippen LogP contribution in [0, 0.1) is 5.82 Å². The molecule has 13 heavy (non-hydrogen) atoms. The van der Waals surface area contributed by atoms with Crippen LogP contribution in [-0.2, 0) is 0 Å². The van der Waals surface area contributed by atoms with Crippen molar-refractivity contribution >= 4 is 15.9 Å². The van der Waals surface area contributed by atoms with Crippen molar-refractivity contribution in [1.82, 2.24) is 0 Å². The van der Waals surface area contributed by atoms with Gasteiger partial charge in [0.1, 0.15) is 18.2 Å². The lowest BCUT2D eigenvalue weighted by Gasteiger charge is -2.07. The van der Waals surface area contributed by atoms with Crippen molar-refractivity contribution in [2.24, 2.45) is 0 Å². The molecule has 0 amide bonds. The summed E-state index contributed by atoms with van der Waals surface area (Å²) in [6, 6.07) is 4.47. The Balaban J connectivity index is 2.63. The first kappa shape index (κ1) is 10.5. The number of ether oxygens (including phenoxy) is 1. The molecule has 0 bridgehead atoms. The fourth-order valence-electron chi connectivity index (χ4n) is 0.783. The molecule has 4 heteroatoms. The third-order valence-electron chi connectivity index (χ3n) is 1.38. The van der Waals surface area contributed by atoms with Gasteiger partial charge in [0.15, 0.2) is 0 Å². The van der Waals surface area contributed by atoms with Gasteiger partial charge in [-0.05, 0) is 35.0 Å². The van der Waals surface area contributed by atoms with Crippen molar-refractivity contribution < 1.29 is 14.2 Å². The highest BCUT2D eigenvalue weighted by molar-refractivity contribution is 9.10. The first-order valence-corrected chi connectivity index (χ1v) is 4.65. The van der Waals surface area contributed by atoms with Crippen LogP contribution in [0.25, 0.3) is 0 Å². The van der Waals surface area contributed by atoms with Gasteiger partial charge in [0.2, 0.25) is 0 Å². The summed E-state index contributed by atoms with van der Waals surface area (Å²) in [6.07, 6.45) is -0.549. The number of aliphatic hydroxyl groups excluding tert-OH is 1. The van der Waals surface area contributed by atoms with Crippen molar-refractivity contribution in [2.45, 2.75) is 13.0 Å². The Morgan fingerprint density at radius 2 is 2.31 bits per heavy atom. The fraction of sp³-hybridized carbons (Fsp3) is 0.333. The molecule has 0 fully saturated rings. The Kier molecular flexibility index (Phi) is 3.69. The van der Waals surface area contributed by atoms with Gasteiger partial charge in [-0.15, -0.1) is 0 Å². The lowest BCUT2D eigenvalue weighted by Crippen LogP contribution is -2.12. The topological polar surface area (TPSA) is 29.5 Å². The normalized spacial score (nSPS) is 12.6. The lowest BCUT2D eigenvalue weighted by molar-refractivity contribution is 0.122. The van der Waals surface area contributed by atoms with E-state index in [4.69, 9.17) is 9.84 Å². The van der Waals surface area contributed by atoms with Gasteiger partial charge < -0.3 is 9.84 Å². The molecule has 1 N–H and O–H groups in total. The van der Waals surface area contributed by atoms with Crippen molar-refractivity contribution in [2.75, 3.05) is 6.61 Å². The molecule has 0 spiro atoms. The minimum atomic E-state index is -0.549. The lowest BCUT2D eigenvalue weighted by atomic mass is 10.3. The predicted octanol–water partition coefficient (Wildman–Crippen LogP) is 2.35. The van der Waals surface area contributed by atoms with Crippen molar-refractivity contribution in [3.8, 4) is 5.75 Å². The van der Waals surface area contributed by atoms with E-state index in [-0.39, 0.29) is 12.4 Å². The van der Waals surface area contributed by atoms with E-state index in [2.05, 4.69) is 15.9 Å². The highest BCUT2D eigenvalue weighted by Gasteiger charge is 2.02. The van der Waals surface area contributed by atoms with Crippen LogP contribution in [0.2, 0.25) is 0 Å². The Labute approximate surface area is 84.5 Å². The summed E-state index contributed by atoms with van der Waals surface area (Å²) in [5.74, 6) is 0.0460. The molecule has 0 heterocycles. The van der Waals surface area contributed by atoms with Crippen molar-refractivity contribution in [3.63, 3.8) is 0 Å². The first-order chi connectivity index (χ1) is 6.09. The minimum Gasteiger partial charge on any atom is -0.491 e. The molecule has 0 radical (unpaired) electrons. The van der Waals surface area contributed by atoms with Crippen LogP contribution in [0.5, 0.6) is 5.75 Å². The van der Waals surface area contributed by atoms with E-state index in [1.807, 2.05) is 0 Å². The summed E-state index contributed by atoms with van der Waals surface area (Å²) < 4.78 is 18.4. The molecule has 0 aliphatic carbocycles. The minimum absolute atomic E-state index is 0.168. The summed E-state index contributed by atoms with van der Waals surface area (Å²) in [5.41, 5.74) is 0. The molecule has 2 nitrogen and oxygen atoms in total. The van der Waals surface area contributed by atoms with Crippen LogP contribution in [0.15, 0.2) is 22.7 Å². The number of halogens is 2. The van der Waals surface area contributed by atoms with Gasteiger partial charge in [-0.1, -0.05) is 0 Å². The van der Waals surface area contributed by atoms with E-state index in [9.17, 15) is 4.39 Å². The van der Waals surface area contributed by atoms with Crippen LogP contribution in [-0.4, -0.2) is 17.8 Å². The SMILES string of the molecule is C[C@@H](O)COc1ccc(Br)c(F)c1. The maximum Gasteiger partial charge on any atom is 0.141 e. The number of benzene rings is 1. The van der Waals surface area contributed by atoms with Crippen LogP contribution >= 0.6 is 15.9 Å². The molecule has 0 aromatic heterocycles. The van der Waals surface area contributed by atoms with Crippen LogP contribution in [0.4, 0.5) is 4.39 Å². The molecule has 0 aliphatic heterocycles. The van der Waals surface area contributed by atoms with Gasteiger partial charge in [-0.2, -0.15) is 0 Å². The number of hydrogen-bond acceptors (Lipinski definition) is 2. The average Bonchev–Trinajstić information content (AvgIpc) is 2.07. The highest BCUT2D eigenvalue weighted by Crippen LogP contribution is 2.20. The molecular formula is C9H10BrFO2. The standard InChI is InChI=1S/C9H10BrFO2/c1-6(12)5-13-7-2-3-8(10)9(11)4-7/h2-4,6,12H,5H2,1H3/t6-/m1/s1. The first-order valence-electron chi connectivity index (χ1n) is 3.85. The van der Waals surface area contributed by atoms with Gasteiger partial charge in [0.25, 0.3) is 0 Å². The molecule has 0 unspecified atom stereocenters. The predicted molar refractivity (Wildman–Crippen MR) is 51.3 cm³/mol. The maximum absolute atomic E-state index is 12.9. The summed E-state index contributed by atoms with van der Waals surface area (Å²) in [7, 11) is 0. The molecule has 1 aromatic rings. The molecule has 1 atom stereocenters. The van der Waals surface area contributed by atoms with E-state index in [1.54, 1.807) is 19.1 Å². The zero-order chi connectivity index (χ0) is 9.84. The fourth-order valence-corrected chi connectivity index (χ4v) is 1.03. The Hall–Kier alpha value is -0.610. The number of aliphatic hydroxyl groups is 1. The molecule has 0 aliphatic rings. The molecule has 1 rings (SSSR count). The van der Waals surface area contributed by atoms with E-state index in [0.717, 1.165) is 0 Å². The molecule has 0 saturated heterocycles. The van der Waals surface area contributed by atoms with E-state index in [1.165, 1.54) is 6.07 Å². The average molecular weight is 249 g/mol. The highest BCUT2D eigenvalue weighted by atomic mass is 79.9. The monoisotopic (exact) mass is 248 g/mol. The van der Waals surface area contributed by atoms with E-state index < -0.39 is 6.10 Å². The van der Waals surface area contributed by atoms with Crippen LogP contribution < -0.4 is 4.74 Å². The van der Waals surface area contributed by atoms with Gasteiger partial charge in [0, 0.05) is 6.07 Å². The largest absolute Gasteiger partial charge is 0.491 e. The quantitative estimate of drug-likeness (QED) is 0.890. The third-order valence-corrected chi connectivity index (χ3v) is 2.03. The summed E-state index contributed by atoms with van der Waals surface area (Å²) in [6.45, 7) is 1.77. The Morgan fingerprint density at radius 3 is 2.85 bits per heavy atom. The number of hydrogen-bond donors (Lipinski definition) is 1. The van der Waals surface area contributed by atoms with Gasteiger partial charge in [-0.3, -0.25) is 0 Å². The molecule has 1 aromatic carbocycles. The second-order valence-electron chi connectivity index (χ2n) is 2.74. The summed E-state index contributed by atoms with van der Waals surface area (Å²) >= 11 is 3.03. The smallest absolute Gasteiger partial charge is 0.141 e. The van der Waals surface area contributed by atoms with Gasteiger partial charge in [0.05, 0.1) is 10.6 Å². The number of rotatable bonds is 3. The molecule has 0 saturated carbocycles. The summed E-state index contributed by atoms with van der Waals surface area (Å²) in [5, 5.41) is 8.91. The Morgan fingerprint density at radius 1 is 1.62 bits per heavy atom. The second-order valence-corrected chi connectivity index (χ2v) is 3.59. The van der Waals surface area contributed by atoms with Gasteiger partial charge >= 0.3 is 0 Å². The van der Waals surface area contributed by atoms with Crippen LogP contribution in [0.3, 0.4) is 0 Å². The molecular weight excluding hydrogens is 239 g/mol. The zero-order valence-corrected chi connectivity index (χ0v) is 8.71. The molecule has 72 valence electrons. The van der Waals surface area contributed by atoms with Crippen LogP contribution in [0.1, 0.15) is 6.92 Å². The summed E-state index contributed by atoms with van der Waals surface area (Å²) in [4.78, 5) is 0. The zero-order valence-electron chi connectivity index (χ0n) is 7.13. The van der Waals surface area contributed by atoms with Crippen molar-refractivity contribution in [1.29, 1.82) is 0 Å². The maximum atomic E-state index is 12.9. The van der Waals surface area contributed by atoms with Crippen molar-refractivity contribution in [3.05, 3.63) is 28.5 Å². The van der Waals surface area contributed by atoms with E-state index >= 15 is 0 Å². The Bertz CT molecular complexity index is 289. The third kappa shape index (κ3) is 3.32. The second kappa shape index (κ2) is 4.58. The van der Waals surface area contributed by atoms with E-state index in [0.29, 0.717) is 10.2 Å². The van der Waals surface area contributed by atoms with Gasteiger partial charge in [-0.25, -0.2) is 4.39 Å².